The minimum absolute atomic E-state index is 0.895. The summed E-state index contributed by atoms with van der Waals surface area (Å²) in [4.78, 5) is 3.48. The Hall–Kier alpha value is -1.48. The molecule has 2 heterocycles. The van der Waals surface area contributed by atoms with E-state index in [1.165, 1.54) is 22.2 Å². The fourth-order valence-corrected chi connectivity index (χ4v) is 2.44. The minimum atomic E-state index is 0.895. The molecule has 15 heavy (non-hydrogen) atoms. The van der Waals surface area contributed by atoms with Crippen LogP contribution in [0.1, 0.15) is 11.3 Å². The number of benzene rings is 1. The van der Waals surface area contributed by atoms with Crippen molar-refractivity contribution in [2.24, 2.45) is 0 Å². The zero-order chi connectivity index (χ0) is 10.3. The van der Waals surface area contributed by atoms with Crippen molar-refractivity contribution >= 4 is 16.6 Å². The van der Waals surface area contributed by atoms with Crippen molar-refractivity contribution < 1.29 is 0 Å². The summed E-state index contributed by atoms with van der Waals surface area (Å²) in [7, 11) is 0. The quantitative estimate of drug-likeness (QED) is 0.565. The molecule has 3 heteroatoms. The van der Waals surface area contributed by atoms with E-state index in [4.69, 9.17) is 5.73 Å². The van der Waals surface area contributed by atoms with Crippen molar-refractivity contribution in [2.75, 3.05) is 18.8 Å². The van der Waals surface area contributed by atoms with Crippen molar-refractivity contribution in [3.8, 4) is 0 Å². The summed E-state index contributed by atoms with van der Waals surface area (Å²) in [5.41, 5.74) is 10.9. The van der Waals surface area contributed by atoms with Crippen LogP contribution in [-0.2, 0) is 12.8 Å². The Kier molecular flexibility index (Phi) is 1.92. The Labute approximate surface area is 88.7 Å². The number of aromatic amines is 1. The molecule has 0 saturated carbocycles. The van der Waals surface area contributed by atoms with Gasteiger partial charge in [0, 0.05) is 35.2 Å². The Bertz CT molecular complexity index is 499. The average Bonchev–Trinajstić information content (AvgIpc) is 2.43. The van der Waals surface area contributed by atoms with E-state index in [0.29, 0.717) is 0 Å². The van der Waals surface area contributed by atoms with Gasteiger partial charge in [-0.1, -0.05) is 6.07 Å². The van der Waals surface area contributed by atoms with Crippen molar-refractivity contribution in [3.63, 3.8) is 0 Å². The predicted octanol–water partition coefficient (Wildman–Crippen LogP) is 1.44. The third-order valence-electron chi connectivity index (χ3n) is 3.15. The number of rotatable bonds is 0. The summed E-state index contributed by atoms with van der Waals surface area (Å²) in [6, 6.07) is 6.09. The van der Waals surface area contributed by atoms with Crippen molar-refractivity contribution in [1.82, 2.24) is 10.3 Å². The van der Waals surface area contributed by atoms with E-state index >= 15 is 0 Å². The Morgan fingerprint density at radius 3 is 2.93 bits per heavy atom. The summed E-state index contributed by atoms with van der Waals surface area (Å²) in [5.74, 6) is 0. The lowest BCUT2D eigenvalue weighted by atomic mass is 10.1. The number of fused-ring (bicyclic) bond motifs is 3. The second-order valence-corrected chi connectivity index (χ2v) is 4.10. The fraction of sp³-hybridized carbons (Fsp3) is 0.333. The van der Waals surface area contributed by atoms with Gasteiger partial charge in [-0.3, -0.25) is 0 Å². The van der Waals surface area contributed by atoms with Crippen LogP contribution < -0.4 is 11.1 Å². The molecule has 0 aliphatic carbocycles. The lowest BCUT2D eigenvalue weighted by Crippen LogP contribution is -2.16. The van der Waals surface area contributed by atoms with E-state index in [2.05, 4.69) is 16.4 Å². The first-order valence-electron chi connectivity index (χ1n) is 5.45. The predicted molar refractivity (Wildman–Crippen MR) is 63.0 cm³/mol. The van der Waals surface area contributed by atoms with Gasteiger partial charge in [-0.25, -0.2) is 0 Å². The van der Waals surface area contributed by atoms with E-state index in [-0.39, 0.29) is 0 Å². The number of hydrogen-bond donors (Lipinski definition) is 3. The van der Waals surface area contributed by atoms with Crippen LogP contribution in [0.3, 0.4) is 0 Å². The molecule has 78 valence electrons. The van der Waals surface area contributed by atoms with Gasteiger partial charge in [0.2, 0.25) is 0 Å². The molecule has 0 radical (unpaired) electrons. The highest BCUT2D eigenvalue weighted by molar-refractivity contribution is 5.95. The monoisotopic (exact) mass is 201 g/mol. The molecule has 2 aromatic rings. The molecule has 0 spiro atoms. The van der Waals surface area contributed by atoms with Gasteiger partial charge < -0.3 is 16.0 Å². The maximum Gasteiger partial charge on any atom is 0.0479 e. The van der Waals surface area contributed by atoms with Gasteiger partial charge >= 0.3 is 0 Å². The van der Waals surface area contributed by atoms with Crippen LogP contribution in [0.15, 0.2) is 18.2 Å². The lowest BCUT2D eigenvalue weighted by Gasteiger charge is -2.00. The molecule has 1 aliphatic heterocycles. The summed E-state index contributed by atoms with van der Waals surface area (Å²) in [6.07, 6.45) is 2.15. The summed E-state index contributed by atoms with van der Waals surface area (Å²) < 4.78 is 0. The molecule has 0 fully saturated rings. The van der Waals surface area contributed by atoms with E-state index in [9.17, 15) is 0 Å². The van der Waals surface area contributed by atoms with Gasteiger partial charge in [-0.2, -0.15) is 0 Å². The molecule has 0 bridgehead atoms. The van der Waals surface area contributed by atoms with Gasteiger partial charge in [0.05, 0.1) is 0 Å². The molecule has 1 aromatic heterocycles. The van der Waals surface area contributed by atoms with Gasteiger partial charge in [0.15, 0.2) is 0 Å². The third-order valence-corrected chi connectivity index (χ3v) is 3.15. The molecule has 3 rings (SSSR count). The van der Waals surface area contributed by atoms with Crippen LogP contribution in [0.4, 0.5) is 5.69 Å². The third kappa shape index (κ3) is 1.31. The van der Waals surface area contributed by atoms with Crippen LogP contribution in [0, 0.1) is 0 Å². The van der Waals surface area contributed by atoms with E-state index in [0.717, 1.165) is 31.6 Å². The number of aromatic nitrogens is 1. The highest BCUT2D eigenvalue weighted by Gasteiger charge is 2.14. The molecule has 3 nitrogen and oxygen atoms in total. The van der Waals surface area contributed by atoms with E-state index in [1.54, 1.807) is 0 Å². The second kappa shape index (κ2) is 3.28. The van der Waals surface area contributed by atoms with Crippen molar-refractivity contribution in [2.45, 2.75) is 12.8 Å². The van der Waals surface area contributed by atoms with E-state index in [1.807, 2.05) is 12.1 Å². The van der Waals surface area contributed by atoms with Crippen LogP contribution in [-0.4, -0.2) is 18.1 Å². The fourth-order valence-electron chi connectivity index (χ4n) is 2.44. The smallest absolute Gasteiger partial charge is 0.0479 e. The number of nitrogens with one attached hydrogen (secondary N) is 2. The molecule has 0 atom stereocenters. The number of nitrogens with two attached hydrogens (primary N) is 1. The Morgan fingerprint density at radius 2 is 2.00 bits per heavy atom. The van der Waals surface area contributed by atoms with Crippen molar-refractivity contribution in [1.29, 1.82) is 0 Å². The highest BCUT2D eigenvalue weighted by Crippen LogP contribution is 2.28. The van der Waals surface area contributed by atoms with Crippen molar-refractivity contribution in [3.05, 3.63) is 29.5 Å². The topological polar surface area (TPSA) is 53.8 Å². The van der Waals surface area contributed by atoms with Crippen LogP contribution in [0.25, 0.3) is 10.9 Å². The number of nitrogen functional groups attached to an aromatic ring is 1. The second-order valence-electron chi connectivity index (χ2n) is 4.10. The molecule has 1 aromatic carbocycles. The zero-order valence-corrected chi connectivity index (χ0v) is 8.64. The molecular formula is C12H15N3. The largest absolute Gasteiger partial charge is 0.398 e. The minimum Gasteiger partial charge on any atom is -0.398 e. The standard InChI is InChI=1S/C12H15N3/c13-9-2-1-3-11-12(9)8-4-6-14-7-5-10(8)15-11/h1-3,14-15H,4-7,13H2. The number of H-pyrrole nitrogens is 1. The van der Waals surface area contributed by atoms with Crippen LogP contribution in [0.5, 0.6) is 0 Å². The van der Waals surface area contributed by atoms with Crippen LogP contribution in [0.2, 0.25) is 0 Å². The SMILES string of the molecule is Nc1cccc2[nH]c3c(c12)CCNCC3. The average molecular weight is 201 g/mol. The summed E-state index contributed by atoms with van der Waals surface area (Å²) >= 11 is 0. The number of hydrogen-bond acceptors (Lipinski definition) is 2. The molecular weight excluding hydrogens is 186 g/mol. The molecule has 0 unspecified atom stereocenters. The molecule has 4 N–H and O–H groups in total. The zero-order valence-electron chi connectivity index (χ0n) is 8.64. The maximum absolute atomic E-state index is 6.04. The molecule has 1 aliphatic rings. The molecule has 0 saturated heterocycles. The molecule has 0 amide bonds. The van der Waals surface area contributed by atoms with Crippen LogP contribution >= 0.6 is 0 Å². The first kappa shape index (κ1) is 8.80. The Morgan fingerprint density at radius 1 is 1.13 bits per heavy atom. The summed E-state index contributed by atoms with van der Waals surface area (Å²) in [5, 5.41) is 4.64. The normalized spacial score (nSPS) is 16.3. The highest BCUT2D eigenvalue weighted by atomic mass is 14.9. The van der Waals surface area contributed by atoms with Gasteiger partial charge in [0.1, 0.15) is 0 Å². The van der Waals surface area contributed by atoms with Gasteiger partial charge in [-0.15, -0.1) is 0 Å². The first-order chi connectivity index (χ1) is 7.36. The first-order valence-corrected chi connectivity index (χ1v) is 5.45. The van der Waals surface area contributed by atoms with Gasteiger partial charge in [-0.05, 0) is 30.7 Å². The number of anilines is 1. The Balaban J connectivity index is 2.29. The van der Waals surface area contributed by atoms with E-state index < -0.39 is 0 Å². The summed E-state index contributed by atoms with van der Waals surface area (Å²) in [6.45, 7) is 2.11. The maximum atomic E-state index is 6.04. The lowest BCUT2D eigenvalue weighted by molar-refractivity contribution is 0.708. The van der Waals surface area contributed by atoms with Gasteiger partial charge in [0.25, 0.3) is 0 Å².